The number of rotatable bonds is 8. The molecule has 0 spiro atoms. The fraction of sp³-hybridized carbons (Fsp3) is 0.290. The van der Waals surface area contributed by atoms with E-state index in [4.69, 9.17) is 0 Å². The lowest BCUT2D eigenvalue weighted by Crippen LogP contribution is -2.34. The average molecular weight is 637 g/mol. The number of pyridine rings is 1. The van der Waals surface area contributed by atoms with Crippen LogP contribution in [0.4, 0.5) is 24.5 Å². The van der Waals surface area contributed by atoms with Gasteiger partial charge in [-0.1, -0.05) is 6.07 Å². The van der Waals surface area contributed by atoms with Crippen LogP contribution in [0.15, 0.2) is 48.8 Å². The van der Waals surface area contributed by atoms with Gasteiger partial charge >= 0.3 is 10.2 Å². The number of alkyl halides is 1. The van der Waals surface area contributed by atoms with E-state index in [1.165, 1.54) is 12.4 Å². The highest BCUT2D eigenvalue weighted by Crippen LogP contribution is 2.33. The van der Waals surface area contributed by atoms with E-state index in [0.717, 1.165) is 28.4 Å². The van der Waals surface area contributed by atoms with Crippen molar-refractivity contribution >= 4 is 44.7 Å². The number of halogens is 3. The topological polar surface area (TPSA) is 139 Å². The first-order valence-electron chi connectivity index (χ1n) is 14.3. The highest BCUT2D eigenvalue weighted by molar-refractivity contribution is 7.90. The van der Waals surface area contributed by atoms with Crippen LogP contribution < -0.4 is 9.62 Å². The Morgan fingerprint density at radius 1 is 1.09 bits per heavy atom. The Labute approximate surface area is 256 Å². The van der Waals surface area contributed by atoms with Gasteiger partial charge in [-0.05, 0) is 55.2 Å². The summed E-state index contributed by atoms with van der Waals surface area (Å²) in [7, 11) is -4.36. The van der Waals surface area contributed by atoms with Gasteiger partial charge in [0.15, 0.2) is 5.82 Å². The number of aldehydes is 1. The number of carbonyl (C=O) groups is 2. The minimum Gasteiger partial charge on any atom is -0.370 e. The first-order valence-corrected chi connectivity index (χ1v) is 15.7. The number of nitrogens with one attached hydrogen (secondary N) is 2. The molecule has 2 aliphatic rings. The summed E-state index contributed by atoms with van der Waals surface area (Å²) in [6.07, 6.45) is 3.82. The fourth-order valence-electron chi connectivity index (χ4n) is 5.79. The summed E-state index contributed by atoms with van der Waals surface area (Å²) < 4.78 is 72.3. The molecular weight excluding hydrogens is 609 g/mol. The van der Waals surface area contributed by atoms with E-state index in [9.17, 15) is 32.0 Å². The quantitative estimate of drug-likeness (QED) is 0.211. The van der Waals surface area contributed by atoms with Crippen LogP contribution in [0, 0.1) is 28.9 Å². The number of H-pyrrole nitrogens is 1. The molecule has 2 aliphatic heterocycles. The van der Waals surface area contributed by atoms with E-state index in [-0.39, 0.29) is 35.5 Å². The summed E-state index contributed by atoms with van der Waals surface area (Å²) in [5.74, 6) is -3.65. The molecule has 0 radical (unpaired) electrons. The van der Waals surface area contributed by atoms with Crippen LogP contribution in [-0.2, 0) is 15.0 Å². The Hall–Kier alpha value is -4.74. The predicted molar refractivity (Wildman–Crippen MR) is 161 cm³/mol. The maximum atomic E-state index is 15.6. The fourth-order valence-corrected chi connectivity index (χ4v) is 7.06. The largest absolute Gasteiger partial charge is 0.370 e. The minimum absolute atomic E-state index is 0.00357. The molecule has 4 aromatic rings. The van der Waals surface area contributed by atoms with Gasteiger partial charge in [0, 0.05) is 61.0 Å². The third kappa shape index (κ3) is 5.76. The molecule has 232 valence electrons. The number of aromatic amines is 1. The standard InChI is InChI=1S/C31H27F3N6O4S/c32-22-7-10-40(16-22)45(43,44)38-26-3-2-25(33)28(29(26)34)30(42)24-15-37-31-23(24)12-21(14-36-31)19-1-4-27(20(11-19)13-35)39-8-5-18(17-41)6-9-39/h1-4,11-12,14-15,17-18,22,38H,5-10,16H2,(H,36,37). The zero-order valence-corrected chi connectivity index (χ0v) is 24.6. The molecule has 6 rings (SSSR count). The lowest BCUT2D eigenvalue weighted by molar-refractivity contribution is -0.111. The molecule has 2 saturated heterocycles. The molecule has 1 atom stereocenters. The molecule has 0 aliphatic carbocycles. The molecule has 2 N–H and O–H groups in total. The van der Waals surface area contributed by atoms with Gasteiger partial charge in [0.1, 0.15) is 30.0 Å². The first-order chi connectivity index (χ1) is 21.6. The molecule has 45 heavy (non-hydrogen) atoms. The SMILES string of the molecule is N#Cc1cc(-c2cnc3[nH]cc(C(=O)c4c(F)ccc(NS(=O)(=O)N5CCC(F)C5)c4F)c3c2)ccc1N1CCC(C=O)CC1. The summed E-state index contributed by atoms with van der Waals surface area (Å²) >= 11 is 0. The van der Waals surface area contributed by atoms with Crippen molar-refractivity contribution in [2.24, 2.45) is 5.92 Å². The second kappa shape index (κ2) is 12.0. The lowest BCUT2D eigenvalue weighted by Gasteiger charge is -2.32. The van der Waals surface area contributed by atoms with Crippen molar-refractivity contribution in [2.45, 2.75) is 25.4 Å². The highest BCUT2D eigenvalue weighted by Gasteiger charge is 2.33. The Morgan fingerprint density at radius 2 is 1.87 bits per heavy atom. The van der Waals surface area contributed by atoms with E-state index in [1.54, 1.807) is 18.2 Å². The zero-order valence-electron chi connectivity index (χ0n) is 23.8. The lowest BCUT2D eigenvalue weighted by atomic mass is 9.96. The summed E-state index contributed by atoms with van der Waals surface area (Å²) in [5.41, 5.74) is 0.865. The second-order valence-electron chi connectivity index (χ2n) is 11.1. The van der Waals surface area contributed by atoms with Gasteiger partial charge in [0.25, 0.3) is 0 Å². The van der Waals surface area contributed by atoms with Crippen molar-refractivity contribution in [3.8, 4) is 17.2 Å². The number of nitrogens with zero attached hydrogens (tertiary/aromatic N) is 4. The number of hydrogen-bond acceptors (Lipinski definition) is 7. The van der Waals surface area contributed by atoms with E-state index in [1.807, 2.05) is 10.8 Å². The van der Waals surface area contributed by atoms with Crippen molar-refractivity contribution < 1.29 is 31.2 Å². The highest BCUT2D eigenvalue weighted by atomic mass is 32.2. The Kier molecular flexibility index (Phi) is 8.07. The molecule has 0 amide bonds. The normalized spacial score (nSPS) is 17.8. The number of benzene rings is 2. The molecule has 4 heterocycles. The summed E-state index contributed by atoms with van der Waals surface area (Å²) in [6, 6.07) is 10.8. The summed E-state index contributed by atoms with van der Waals surface area (Å²) in [4.78, 5) is 33.9. The molecule has 14 heteroatoms. The number of piperidine rings is 1. The molecule has 1 unspecified atom stereocenters. The van der Waals surface area contributed by atoms with Crippen LogP contribution in [0.25, 0.3) is 22.2 Å². The van der Waals surface area contributed by atoms with Crippen LogP contribution in [0.3, 0.4) is 0 Å². The average Bonchev–Trinajstić information content (AvgIpc) is 3.68. The minimum atomic E-state index is -4.36. The van der Waals surface area contributed by atoms with Crippen molar-refractivity contribution in [2.75, 3.05) is 35.8 Å². The van der Waals surface area contributed by atoms with Crippen molar-refractivity contribution in [3.63, 3.8) is 0 Å². The third-order valence-corrected chi connectivity index (χ3v) is 9.78. The van der Waals surface area contributed by atoms with E-state index in [2.05, 4.69) is 20.9 Å². The van der Waals surface area contributed by atoms with Gasteiger partial charge in [0.05, 0.1) is 22.5 Å². The molecule has 0 bridgehead atoms. The number of anilines is 2. The van der Waals surface area contributed by atoms with Crippen LogP contribution in [0.1, 0.15) is 40.7 Å². The van der Waals surface area contributed by atoms with E-state index >= 15 is 4.39 Å². The Morgan fingerprint density at radius 3 is 2.56 bits per heavy atom. The van der Waals surface area contributed by atoms with Gasteiger partial charge in [-0.3, -0.25) is 9.52 Å². The first kappa shape index (κ1) is 30.3. The van der Waals surface area contributed by atoms with Gasteiger partial charge < -0.3 is 14.7 Å². The predicted octanol–water partition coefficient (Wildman–Crippen LogP) is 4.73. The monoisotopic (exact) mass is 636 g/mol. The van der Waals surface area contributed by atoms with Crippen LogP contribution >= 0.6 is 0 Å². The molecule has 10 nitrogen and oxygen atoms in total. The maximum absolute atomic E-state index is 15.6. The molecule has 2 fully saturated rings. The summed E-state index contributed by atoms with van der Waals surface area (Å²) in [6.45, 7) is 0.791. The van der Waals surface area contributed by atoms with Crippen LogP contribution in [0.5, 0.6) is 0 Å². The number of fused-ring (bicyclic) bond motifs is 1. The van der Waals surface area contributed by atoms with Crippen LogP contribution in [-0.4, -0.2) is 67.1 Å². The van der Waals surface area contributed by atoms with Crippen LogP contribution in [0.2, 0.25) is 0 Å². The van der Waals surface area contributed by atoms with E-state index < -0.39 is 51.6 Å². The number of hydrogen-bond donors (Lipinski definition) is 2. The smallest absolute Gasteiger partial charge is 0.301 e. The molecule has 2 aromatic carbocycles. The van der Waals surface area contributed by atoms with Gasteiger partial charge in [-0.15, -0.1) is 0 Å². The van der Waals surface area contributed by atoms with Crippen molar-refractivity contribution in [1.82, 2.24) is 14.3 Å². The molecule has 2 aromatic heterocycles. The number of ketones is 1. The van der Waals surface area contributed by atoms with Gasteiger partial charge in [0.2, 0.25) is 5.78 Å². The van der Waals surface area contributed by atoms with Gasteiger partial charge in [-0.2, -0.15) is 18.0 Å². The second-order valence-corrected chi connectivity index (χ2v) is 12.8. The zero-order chi connectivity index (χ0) is 31.9. The van der Waals surface area contributed by atoms with Crippen molar-refractivity contribution in [3.05, 3.63) is 77.1 Å². The number of nitriles is 1. The van der Waals surface area contributed by atoms with E-state index in [0.29, 0.717) is 42.6 Å². The third-order valence-electron chi connectivity index (χ3n) is 8.29. The Balaban J connectivity index is 1.31. The number of carbonyl (C=O) groups excluding carboxylic acids is 2. The maximum Gasteiger partial charge on any atom is 0.301 e. The molecule has 0 saturated carbocycles. The number of aromatic nitrogens is 2. The van der Waals surface area contributed by atoms with Gasteiger partial charge in [-0.25, -0.2) is 18.2 Å². The summed E-state index contributed by atoms with van der Waals surface area (Å²) in [5, 5.41) is 10.1. The Bertz CT molecular complexity index is 1970. The van der Waals surface area contributed by atoms with Crippen molar-refractivity contribution in [1.29, 1.82) is 5.26 Å². The molecular formula is C31H27F3N6O4S.